The fourth-order valence-electron chi connectivity index (χ4n) is 1.56. The Balaban J connectivity index is 2.53. The zero-order valence-corrected chi connectivity index (χ0v) is 9.57. The number of esters is 1. The van der Waals surface area contributed by atoms with Crippen molar-refractivity contribution in [1.29, 1.82) is 0 Å². The molecule has 0 bridgehead atoms. The highest BCUT2D eigenvalue weighted by atomic mass is 19.1. The van der Waals surface area contributed by atoms with E-state index in [0.717, 1.165) is 0 Å². The zero-order chi connectivity index (χ0) is 13.1. The Kier molecular flexibility index (Phi) is 3.23. The number of hydrogen-bond donors (Lipinski definition) is 1. The van der Waals surface area contributed by atoms with Gasteiger partial charge in [0.25, 0.3) is 5.56 Å². The number of ether oxygens (including phenoxy) is 1. The van der Waals surface area contributed by atoms with Gasteiger partial charge in [-0.05, 0) is 23.8 Å². The second kappa shape index (κ2) is 4.83. The van der Waals surface area contributed by atoms with Crippen molar-refractivity contribution < 1.29 is 13.9 Å². The van der Waals surface area contributed by atoms with Gasteiger partial charge in [-0.15, -0.1) is 0 Å². The molecule has 0 atom stereocenters. The minimum atomic E-state index is -0.547. The van der Waals surface area contributed by atoms with Crippen LogP contribution in [0.4, 0.5) is 4.39 Å². The molecule has 0 fully saturated rings. The highest BCUT2D eigenvalue weighted by molar-refractivity contribution is 5.90. The Bertz CT molecular complexity index is 631. The summed E-state index contributed by atoms with van der Waals surface area (Å²) in [6, 6.07) is 6.86. The van der Waals surface area contributed by atoms with E-state index in [-0.39, 0.29) is 22.5 Å². The number of carbonyl (C=O) groups excluding carboxylic acids is 1. The molecule has 5 heteroatoms. The molecule has 1 aromatic heterocycles. The summed E-state index contributed by atoms with van der Waals surface area (Å²) in [7, 11) is 1.25. The van der Waals surface area contributed by atoms with Crippen molar-refractivity contribution >= 4 is 5.97 Å². The average molecular weight is 247 g/mol. The van der Waals surface area contributed by atoms with Crippen molar-refractivity contribution in [3.05, 3.63) is 58.3 Å². The van der Waals surface area contributed by atoms with Crippen LogP contribution >= 0.6 is 0 Å². The number of H-pyrrole nitrogens is 1. The van der Waals surface area contributed by atoms with E-state index in [1.54, 1.807) is 0 Å². The number of carbonyl (C=O) groups is 1. The molecule has 0 radical (unpaired) electrons. The van der Waals surface area contributed by atoms with E-state index >= 15 is 0 Å². The summed E-state index contributed by atoms with van der Waals surface area (Å²) in [6.07, 6.45) is 1.28. The predicted molar refractivity (Wildman–Crippen MR) is 63.8 cm³/mol. The van der Waals surface area contributed by atoms with Gasteiger partial charge >= 0.3 is 5.97 Å². The van der Waals surface area contributed by atoms with E-state index < -0.39 is 5.97 Å². The normalized spacial score (nSPS) is 10.1. The van der Waals surface area contributed by atoms with Gasteiger partial charge in [-0.1, -0.05) is 12.1 Å². The van der Waals surface area contributed by atoms with Crippen LogP contribution in [0.15, 0.2) is 41.3 Å². The summed E-state index contributed by atoms with van der Waals surface area (Å²) in [4.78, 5) is 25.5. The van der Waals surface area contributed by atoms with Crippen LogP contribution in [0.1, 0.15) is 10.4 Å². The van der Waals surface area contributed by atoms with Crippen molar-refractivity contribution in [3.63, 3.8) is 0 Å². The summed E-state index contributed by atoms with van der Waals surface area (Å²) in [5.41, 5.74) is 0.701. The zero-order valence-electron chi connectivity index (χ0n) is 9.57. The maximum absolute atomic E-state index is 12.8. The van der Waals surface area contributed by atoms with Gasteiger partial charge in [0.2, 0.25) is 0 Å². The minimum Gasteiger partial charge on any atom is -0.465 e. The highest BCUT2D eigenvalue weighted by Crippen LogP contribution is 2.16. The van der Waals surface area contributed by atoms with E-state index in [1.807, 2.05) is 0 Å². The maximum Gasteiger partial charge on any atom is 0.339 e. The summed E-state index contributed by atoms with van der Waals surface area (Å²) in [5, 5.41) is 0. The Morgan fingerprint density at radius 1 is 1.28 bits per heavy atom. The van der Waals surface area contributed by atoms with Crippen LogP contribution in [0, 0.1) is 5.82 Å². The van der Waals surface area contributed by atoms with Gasteiger partial charge < -0.3 is 9.72 Å². The number of nitrogens with one attached hydrogen (secondary N) is 1. The van der Waals surface area contributed by atoms with Crippen molar-refractivity contribution in [1.82, 2.24) is 4.98 Å². The Morgan fingerprint density at radius 3 is 2.56 bits per heavy atom. The molecule has 2 rings (SSSR count). The molecule has 92 valence electrons. The van der Waals surface area contributed by atoms with E-state index in [2.05, 4.69) is 9.72 Å². The lowest BCUT2D eigenvalue weighted by Crippen LogP contribution is -2.12. The number of pyridine rings is 1. The molecule has 0 aliphatic carbocycles. The summed E-state index contributed by atoms with van der Waals surface area (Å²) in [5.74, 6) is -0.936. The molecule has 0 saturated carbocycles. The molecule has 0 spiro atoms. The van der Waals surface area contributed by atoms with Crippen molar-refractivity contribution in [2.24, 2.45) is 0 Å². The Labute approximate surface area is 102 Å². The second-order valence-electron chi connectivity index (χ2n) is 3.63. The Morgan fingerprint density at radius 2 is 1.94 bits per heavy atom. The molecule has 0 amide bonds. The largest absolute Gasteiger partial charge is 0.465 e. The third-order valence-electron chi connectivity index (χ3n) is 2.48. The number of aromatic amines is 1. The molecule has 0 saturated heterocycles. The molecule has 4 nitrogen and oxygen atoms in total. The van der Waals surface area contributed by atoms with Gasteiger partial charge in [-0.25, -0.2) is 9.18 Å². The summed E-state index contributed by atoms with van der Waals surface area (Å²) < 4.78 is 17.4. The molecule has 18 heavy (non-hydrogen) atoms. The van der Waals surface area contributed by atoms with Crippen LogP contribution < -0.4 is 5.56 Å². The molecule has 2 aromatic rings. The van der Waals surface area contributed by atoms with Crippen LogP contribution in [0.25, 0.3) is 11.1 Å². The first-order valence-corrected chi connectivity index (χ1v) is 5.19. The molecule has 0 unspecified atom stereocenters. The van der Waals surface area contributed by atoms with E-state index in [4.69, 9.17) is 0 Å². The van der Waals surface area contributed by atoms with E-state index in [0.29, 0.717) is 5.56 Å². The first-order chi connectivity index (χ1) is 8.61. The number of hydrogen-bond acceptors (Lipinski definition) is 3. The topological polar surface area (TPSA) is 59.2 Å². The first-order valence-electron chi connectivity index (χ1n) is 5.19. The number of methoxy groups -OCH3 is 1. The van der Waals surface area contributed by atoms with Crippen molar-refractivity contribution in [2.75, 3.05) is 7.11 Å². The van der Waals surface area contributed by atoms with Crippen LogP contribution in [0.3, 0.4) is 0 Å². The number of aromatic nitrogens is 1. The van der Waals surface area contributed by atoms with Crippen LogP contribution in [-0.2, 0) is 4.74 Å². The van der Waals surface area contributed by atoms with Crippen molar-refractivity contribution in [2.45, 2.75) is 0 Å². The van der Waals surface area contributed by atoms with Gasteiger partial charge in [0, 0.05) is 11.8 Å². The predicted octanol–water partition coefficient (Wildman–Crippen LogP) is 1.97. The molecular formula is C13H10FNO3. The van der Waals surface area contributed by atoms with E-state index in [1.165, 1.54) is 43.6 Å². The van der Waals surface area contributed by atoms with Gasteiger partial charge in [0.15, 0.2) is 0 Å². The number of halogens is 1. The van der Waals surface area contributed by atoms with Crippen LogP contribution in [0.2, 0.25) is 0 Å². The third-order valence-corrected chi connectivity index (χ3v) is 2.48. The van der Waals surface area contributed by atoms with Gasteiger partial charge in [-0.3, -0.25) is 4.79 Å². The second-order valence-corrected chi connectivity index (χ2v) is 3.63. The SMILES string of the molecule is COC(=O)c1c[nH]c(=O)c(-c2ccc(F)cc2)c1. The molecule has 1 aromatic carbocycles. The molecule has 0 aliphatic rings. The molecule has 1 heterocycles. The van der Waals surface area contributed by atoms with Crippen molar-refractivity contribution in [3.8, 4) is 11.1 Å². The lowest BCUT2D eigenvalue weighted by Gasteiger charge is -2.03. The smallest absolute Gasteiger partial charge is 0.339 e. The number of rotatable bonds is 2. The quantitative estimate of drug-likeness (QED) is 0.825. The monoisotopic (exact) mass is 247 g/mol. The fraction of sp³-hybridized carbons (Fsp3) is 0.0769. The number of benzene rings is 1. The highest BCUT2D eigenvalue weighted by Gasteiger charge is 2.10. The Hall–Kier alpha value is -2.43. The molecule has 1 N–H and O–H groups in total. The maximum atomic E-state index is 12.8. The lowest BCUT2D eigenvalue weighted by atomic mass is 10.1. The average Bonchev–Trinajstić information content (AvgIpc) is 2.39. The third kappa shape index (κ3) is 2.29. The summed E-state index contributed by atoms with van der Waals surface area (Å²) >= 11 is 0. The van der Waals surface area contributed by atoms with Gasteiger partial charge in [0.1, 0.15) is 5.82 Å². The first kappa shape index (κ1) is 12.0. The standard InChI is InChI=1S/C13H10FNO3/c1-18-13(17)9-6-11(12(16)15-7-9)8-2-4-10(14)5-3-8/h2-7H,1H3,(H,15,16). The van der Waals surface area contributed by atoms with Crippen LogP contribution in [-0.4, -0.2) is 18.1 Å². The fourth-order valence-corrected chi connectivity index (χ4v) is 1.56. The van der Waals surface area contributed by atoms with Gasteiger partial charge in [0.05, 0.1) is 12.7 Å². The molecular weight excluding hydrogens is 237 g/mol. The van der Waals surface area contributed by atoms with Crippen LogP contribution in [0.5, 0.6) is 0 Å². The minimum absolute atomic E-state index is 0.233. The molecule has 0 aliphatic heterocycles. The van der Waals surface area contributed by atoms with E-state index in [9.17, 15) is 14.0 Å². The summed E-state index contributed by atoms with van der Waals surface area (Å²) in [6.45, 7) is 0. The lowest BCUT2D eigenvalue weighted by molar-refractivity contribution is 0.0600. The van der Waals surface area contributed by atoms with Gasteiger partial charge in [-0.2, -0.15) is 0 Å².